The molecule has 1 rings (SSSR count). The van der Waals surface area contributed by atoms with Gasteiger partial charge in [-0.15, -0.1) is 0 Å². The monoisotopic (exact) mass is 188 g/mol. The van der Waals surface area contributed by atoms with Gasteiger partial charge in [0.2, 0.25) is 0 Å². The van der Waals surface area contributed by atoms with Crippen LogP contribution in [0.4, 0.5) is 4.39 Å². The van der Waals surface area contributed by atoms with E-state index >= 15 is 0 Å². The van der Waals surface area contributed by atoms with Crippen LogP contribution < -0.4 is 5.56 Å². The average molecular weight is 188 g/mol. The van der Waals surface area contributed by atoms with Crippen molar-refractivity contribution in [2.75, 3.05) is 6.67 Å². The van der Waals surface area contributed by atoms with Gasteiger partial charge in [0.15, 0.2) is 0 Å². The fraction of sp³-hybridized carbons (Fsp3) is 0.429. The summed E-state index contributed by atoms with van der Waals surface area (Å²) >= 11 is 0. The van der Waals surface area contributed by atoms with Crippen molar-refractivity contribution in [1.29, 1.82) is 0 Å². The van der Waals surface area contributed by atoms with Crippen LogP contribution in [0.2, 0.25) is 0 Å². The van der Waals surface area contributed by atoms with Crippen molar-refractivity contribution < 1.29 is 14.3 Å². The molecule has 0 aliphatic rings. The average Bonchev–Trinajstić information content (AvgIpc) is 2.31. The van der Waals surface area contributed by atoms with Gasteiger partial charge in [0.1, 0.15) is 6.67 Å². The van der Waals surface area contributed by atoms with Crippen LogP contribution in [0.25, 0.3) is 0 Å². The molecule has 72 valence electrons. The standard InChI is InChI=1S/C7H9FN2O3/c8-1-2-10-4-5(3-6(11)12)7(13)9-10/h4H,1-3H2,(H,9,13)(H,11,12). The molecule has 1 aromatic rings. The van der Waals surface area contributed by atoms with Crippen LogP contribution in [0.3, 0.4) is 0 Å². The summed E-state index contributed by atoms with van der Waals surface area (Å²) in [4.78, 5) is 21.2. The second kappa shape index (κ2) is 3.88. The van der Waals surface area contributed by atoms with Crippen molar-refractivity contribution in [3.05, 3.63) is 22.1 Å². The summed E-state index contributed by atoms with van der Waals surface area (Å²) in [6.07, 6.45) is 0.977. The van der Waals surface area contributed by atoms with E-state index in [1.54, 1.807) is 0 Å². The maximum atomic E-state index is 11.8. The highest BCUT2D eigenvalue weighted by atomic mass is 19.1. The molecule has 1 aromatic heterocycles. The van der Waals surface area contributed by atoms with E-state index < -0.39 is 18.2 Å². The number of nitrogens with one attached hydrogen (secondary N) is 1. The Bertz CT molecular complexity index is 355. The van der Waals surface area contributed by atoms with Crippen LogP contribution in [0.15, 0.2) is 11.0 Å². The van der Waals surface area contributed by atoms with E-state index in [9.17, 15) is 14.0 Å². The highest BCUT2D eigenvalue weighted by Gasteiger charge is 2.07. The van der Waals surface area contributed by atoms with Gasteiger partial charge >= 0.3 is 5.97 Å². The fourth-order valence-corrected chi connectivity index (χ4v) is 0.982. The predicted molar refractivity (Wildman–Crippen MR) is 42.4 cm³/mol. The van der Waals surface area contributed by atoms with Gasteiger partial charge in [0.05, 0.1) is 13.0 Å². The lowest BCUT2D eigenvalue weighted by Crippen LogP contribution is -2.11. The second-order valence-electron chi connectivity index (χ2n) is 2.55. The molecule has 0 saturated heterocycles. The van der Waals surface area contributed by atoms with E-state index in [-0.39, 0.29) is 18.5 Å². The Morgan fingerprint density at radius 3 is 2.92 bits per heavy atom. The maximum absolute atomic E-state index is 11.8. The number of nitrogens with zero attached hydrogens (tertiary/aromatic N) is 1. The number of aromatic nitrogens is 2. The van der Waals surface area contributed by atoms with Crippen LogP contribution in [0.1, 0.15) is 5.56 Å². The summed E-state index contributed by atoms with van der Waals surface area (Å²) in [5.74, 6) is -1.08. The summed E-state index contributed by atoms with van der Waals surface area (Å²) in [5.41, 5.74) is -0.336. The SMILES string of the molecule is O=C(O)Cc1cn(CCF)[nH]c1=O. The van der Waals surface area contributed by atoms with Crippen LogP contribution in [0, 0.1) is 0 Å². The molecule has 0 bridgehead atoms. The molecule has 0 fully saturated rings. The third-order valence-electron chi connectivity index (χ3n) is 1.52. The lowest BCUT2D eigenvalue weighted by atomic mass is 10.2. The van der Waals surface area contributed by atoms with E-state index in [0.29, 0.717) is 0 Å². The molecule has 0 amide bonds. The van der Waals surface area contributed by atoms with Crippen molar-refractivity contribution in [1.82, 2.24) is 9.78 Å². The smallest absolute Gasteiger partial charge is 0.308 e. The molecule has 0 atom stereocenters. The third kappa shape index (κ3) is 2.43. The number of hydrogen-bond donors (Lipinski definition) is 2. The van der Waals surface area contributed by atoms with Gasteiger partial charge in [-0.25, -0.2) is 4.39 Å². The van der Waals surface area contributed by atoms with Gasteiger partial charge in [0.25, 0.3) is 5.56 Å². The van der Waals surface area contributed by atoms with Crippen molar-refractivity contribution in [3.63, 3.8) is 0 Å². The molecule has 0 aliphatic carbocycles. The normalized spacial score (nSPS) is 10.2. The highest BCUT2D eigenvalue weighted by molar-refractivity contribution is 5.69. The Balaban J connectivity index is 2.83. The number of aliphatic carboxylic acids is 1. The largest absolute Gasteiger partial charge is 0.481 e. The van der Waals surface area contributed by atoms with Crippen LogP contribution in [0.5, 0.6) is 0 Å². The van der Waals surface area contributed by atoms with Gasteiger partial charge in [-0.3, -0.25) is 19.4 Å². The maximum Gasteiger partial charge on any atom is 0.308 e. The minimum Gasteiger partial charge on any atom is -0.481 e. The lowest BCUT2D eigenvalue weighted by molar-refractivity contribution is -0.136. The minimum atomic E-state index is -1.08. The third-order valence-corrected chi connectivity index (χ3v) is 1.52. The number of H-pyrrole nitrogens is 1. The molecule has 0 aliphatic heterocycles. The number of hydrogen-bond acceptors (Lipinski definition) is 2. The molecule has 0 aromatic carbocycles. The topological polar surface area (TPSA) is 75.1 Å². The molecule has 0 unspecified atom stereocenters. The molecule has 1 heterocycles. The molecule has 2 N–H and O–H groups in total. The van der Waals surface area contributed by atoms with Crippen molar-refractivity contribution in [3.8, 4) is 0 Å². The molecule has 0 spiro atoms. The number of carbonyl (C=O) groups is 1. The molecule has 0 saturated carbocycles. The van der Waals surface area contributed by atoms with E-state index in [1.165, 1.54) is 10.9 Å². The Morgan fingerprint density at radius 2 is 2.38 bits per heavy atom. The van der Waals surface area contributed by atoms with Crippen molar-refractivity contribution >= 4 is 5.97 Å². The van der Waals surface area contributed by atoms with E-state index in [1.807, 2.05) is 0 Å². The quantitative estimate of drug-likeness (QED) is 0.685. The van der Waals surface area contributed by atoms with Crippen LogP contribution in [-0.2, 0) is 17.8 Å². The number of alkyl halides is 1. The van der Waals surface area contributed by atoms with Gasteiger partial charge in [0, 0.05) is 11.8 Å². The zero-order chi connectivity index (χ0) is 9.84. The van der Waals surface area contributed by atoms with E-state index in [0.717, 1.165) is 0 Å². The van der Waals surface area contributed by atoms with Crippen molar-refractivity contribution in [2.45, 2.75) is 13.0 Å². The summed E-state index contributed by atoms with van der Waals surface area (Å²) in [6.45, 7) is -0.564. The summed E-state index contributed by atoms with van der Waals surface area (Å²) < 4.78 is 13.1. The Labute approximate surface area is 72.8 Å². The lowest BCUT2D eigenvalue weighted by Gasteiger charge is -1.93. The first-order chi connectivity index (χ1) is 6.13. The Morgan fingerprint density at radius 1 is 1.69 bits per heavy atom. The van der Waals surface area contributed by atoms with Crippen LogP contribution >= 0.6 is 0 Å². The molecule has 5 nitrogen and oxygen atoms in total. The number of carboxylic acid groups (broad SMARTS) is 1. The number of rotatable bonds is 4. The van der Waals surface area contributed by atoms with Gasteiger partial charge in [-0.05, 0) is 0 Å². The van der Waals surface area contributed by atoms with Gasteiger partial charge < -0.3 is 5.11 Å². The second-order valence-corrected chi connectivity index (χ2v) is 2.55. The molecule has 0 radical (unpaired) electrons. The zero-order valence-electron chi connectivity index (χ0n) is 6.79. The zero-order valence-corrected chi connectivity index (χ0v) is 6.79. The molecular weight excluding hydrogens is 179 g/mol. The number of aryl methyl sites for hydroxylation is 1. The molecule has 6 heteroatoms. The number of aromatic amines is 1. The summed E-state index contributed by atoms with van der Waals surface area (Å²) in [6, 6.07) is 0. The fourth-order valence-electron chi connectivity index (χ4n) is 0.982. The summed E-state index contributed by atoms with van der Waals surface area (Å²) in [7, 11) is 0. The first kappa shape index (κ1) is 9.50. The van der Waals surface area contributed by atoms with Crippen molar-refractivity contribution in [2.24, 2.45) is 0 Å². The first-order valence-corrected chi connectivity index (χ1v) is 3.69. The highest BCUT2D eigenvalue weighted by Crippen LogP contribution is 1.92. The predicted octanol–water partition coefficient (Wildman–Crippen LogP) is -0.227. The van der Waals surface area contributed by atoms with Gasteiger partial charge in [-0.1, -0.05) is 0 Å². The summed E-state index contributed by atoms with van der Waals surface area (Å²) in [5, 5.41) is 10.7. The number of carboxylic acids is 1. The minimum absolute atomic E-state index is 0.0366. The molecule has 13 heavy (non-hydrogen) atoms. The molecular formula is C7H9FN2O3. The Kier molecular flexibility index (Phi) is 2.84. The van der Waals surface area contributed by atoms with Crippen LogP contribution in [-0.4, -0.2) is 27.5 Å². The first-order valence-electron chi connectivity index (χ1n) is 3.69. The number of halogens is 1. The van der Waals surface area contributed by atoms with E-state index in [4.69, 9.17) is 5.11 Å². The van der Waals surface area contributed by atoms with E-state index in [2.05, 4.69) is 5.10 Å². The Hall–Kier alpha value is -1.59. The van der Waals surface area contributed by atoms with Gasteiger partial charge in [-0.2, -0.15) is 0 Å².